The predicted octanol–water partition coefficient (Wildman–Crippen LogP) is 3.73. The van der Waals surface area contributed by atoms with E-state index in [1.807, 2.05) is 12.1 Å². The van der Waals surface area contributed by atoms with Crippen molar-refractivity contribution in [3.05, 3.63) is 28.8 Å². The number of phenolic OH excluding ortho intramolecular Hbond substituents is 1. The molecule has 0 unspecified atom stereocenters. The highest BCUT2D eigenvalue weighted by Gasteiger charge is 2.26. The van der Waals surface area contributed by atoms with Crippen molar-refractivity contribution in [3.63, 3.8) is 0 Å². The summed E-state index contributed by atoms with van der Waals surface area (Å²) < 4.78 is 0. The van der Waals surface area contributed by atoms with E-state index in [1.165, 1.54) is 0 Å². The molecule has 0 spiro atoms. The lowest BCUT2D eigenvalue weighted by Gasteiger charge is -2.28. The first-order valence-electron chi connectivity index (χ1n) is 6.38. The third-order valence-electron chi connectivity index (χ3n) is 3.10. The summed E-state index contributed by atoms with van der Waals surface area (Å²) in [5, 5.41) is 10.5. The Kier molecular flexibility index (Phi) is 3.89. The summed E-state index contributed by atoms with van der Waals surface area (Å²) in [4.78, 5) is 10.7. The first-order chi connectivity index (χ1) is 8.07. The fourth-order valence-electron chi connectivity index (χ4n) is 2.05. The number of hydrogen-bond donors (Lipinski definition) is 1. The van der Waals surface area contributed by atoms with E-state index in [0.29, 0.717) is 12.2 Å². The average Bonchev–Trinajstić information content (AvgIpc) is 2.17. The molecule has 1 rings (SSSR count). The molecular weight excluding hydrogens is 224 g/mol. The number of carbonyl (C=O) groups excluding carboxylic acids is 1. The van der Waals surface area contributed by atoms with Crippen LogP contribution in [0.4, 0.5) is 0 Å². The van der Waals surface area contributed by atoms with Crippen molar-refractivity contribution in [2.24, 2.45) is 0 Å². The fraction of sp³-hybridized carbons (Fsp3) is 0.562. The van der Waals surface area contributed by atoms with Crippen LogP contribution in [0.25, 0.3) is 0 Å². The molecular formula is C16H24O2. The van der Waals surface area contributed by atoms with Gasteiger partial charge in [0.15, 0.2) is 0 Å². The van der Waals surface area contributed by atoms with Gasteiger partial charge in [0.1, 0.15) is 12.0 Å². The van der Waals surface area contributed by atoms with Gasteiger partial charge in [-0.15, -0.1) is 0 Å². The Labute approximate surface area is 110 Å². The second-order valence-electron chi connectivity index (χ2n) is 6.91. The number of carbonyl (C=O) groups is 1. The van der Waals surface area contributed by atoms with E-state index in [-0.39, 0.29) is 10.8 Å². The molecule has 18 heavy (non-hydrogen) atoms. The van der Waals surface area contributed by atoms with Crippen molar-refractivity contribution >= 4 is 6.29 Å². The molecule has 0 saturated carbocycles. The number of hydrogen-bond acceptors (Lipinski definition) is 2. The molecule has 1 N–H and O–H groups in total. The highest BCUT2D eigenvalue weighted by molar-refractivity contribution is 5.58. The third-order valence-corrected chi connectivity index (χ3v) is 3.10. The molecule has 0 atom stereocenters. The van der Waals surface area contributed by atoms with Crippen LogP contribution in [0, 0.1) is 0 Å². The van der Waals surface area contributed by atoms with E-state index in [0.717, 1.165) is 23.0 Å². The zero-order valence-electron chi connectivity index (χ0n) is 12.3. The summed E-state index contributed by atoms with van der Waals surface area (Å²) >= 11 is 0. The highest BCUT2D eigenvalue weighted by atomic mass is 16.3. The van der Waals surface area contributed by atoms with Gasteiger partial charge >= 0.3 is 0 Å². The molecule has 1 aromatic carbocycles. The van der Waals surface area contributed by atoms with Gasteiger partial charge in [0.25, 0.3) is 0 Å². The summed E-state index contributed by atoms with van der Waals surface area (Å²) in [6, 6.07) is 3.89. The minimum absolute atomic E-state index is 0.136. The monoisotopic (exact) mass is 248 g/mol. The van der Waals surface area contributed by atoms with Gasteiger partial charge in [0.2, 0.25) is 0 Å². The SMILES string of the molecule is CC(C)(C)c1cc(CC=O)cc(C(C)(C)C)c1O. The van der Waals surface area contributed by atoms with Gasteiger partial charge in [-0.3, -0.25) is 0 Å². The summed E-state index contributed by atoms with van der Waals surface area (Å²) in [7, 11) is 0. The Bertz CT molecular complexity index is 410. The number of aromatic hydroxyl groups is 1. The van der Waals surface area contributed by atoms with Crippen LogP contribution >= 0.6 is 0 Å². The van der Waals surface area contributed by atoms with Crippen LogP contribution < -0.4 is 0 Å². The molecule has 0 aliphatic rings. The molecule has 0 aliphatic heterocycles. The van der Waals surface area contributed by atoms with Crippen molar-refractivity contribution in [2.45, 2.75) is 58.8 Å². The molecule has 0 aliphatic carbocycles. The number of rotatable bonds is 2. The van der Waals surface area contributed by atoms with Gasteiger partial charge in [-0.2, -0.15) is 0 Å². The lowest BCUT2D eigenvalue weighted by Crippen LogP contribution is -2.18. The normalized spacial score (nSPS) is 12.6. The van der Waals surface area contributed by atoms with E-state index < -0.39 is 0 Å². The molecule has 0 heterocycles. The molecule has 0 fully saturated rings. The Morgan fingerprint density at radius 2 is 1.39 bits per heavy atom. The number of aldehydes is 1. The minimum Gasteiger partial charge on any atom is -0.507 e. The highest BCUT2D eigenvalue weighted by Crippen LogP contribution is 2.39. The maximum absolute atomic E-state index is 10.7. The summed E-state index contributed by atoms with van der Waals surface area (Å²) in [6.07, 6.45) is 1.30. The van der Waals surface area contributed by atoms with Crippen LogP contribution in [-0.4, -0.2) is 11.4 Å². The van der Waals surface area contributed by atoms with E-state index in [1.54, 1.807) is 0 Å². The van der Waals surface area contributed by atoms with Crippen LogP contribution in [0.1, 0.15) is 58.2 Å². The summed E-state index contributed by atoms with van der Waals surface area (Å²) in [5.41, 5.74) is 2.52. The van der Waals surface area contributed by atoms with Crippen molar-refractivity contribution in [1.82, 2.24) is 0 Å². The lowest BCUT2D eigenvalue weighted by atomic mass is 9.78. The molecule has 0 saturated heterocycles. The van der Waals surface area contributed by atoms with Crippen LogP contribution in [0.3, 0.4) is 0 Å². The van der Waals surface area contributed by atoms with Gasteiger partial charge in [-0.05, 0) is 27.5 Å². The second kappa shape index (κ2) is 4.75. The fourth-order valence-corrected chi connectivity index (χ4v) is 2.05. The molecule has 100 valence electrons. The van der Waals surface area contributed by atoms with E-state index >= 15 is 0 Å². The zero-order chi connectivity index (χ0) is 14.1. The van der Waals surface area contributed by atoms with Gasteiger partial charge < -0.3 is 9.90 Å². The van der Waals surface area contributed by atoms with Gasteiger partial charge in [0.05, 0.1) is 0 Å². The van der Waals surface area contributed by atoms with E-state index in [9.17, 15) is 9.90 Å². The van der Waals surface area contributed by atoms with Crippen LogP contribution in [0.2, 0.25) is 0 Å². The van der Waals surface area contributed by atoms with Crippen molar-refractivity contribution in [3.8, 4) is 5.75 Å². The summed E-state index contributed by atoms with van der Waals surface area (Å²) in [6.45, 7) is 12.4. The van der Waals surface area contributed by atoms with Gasteiger partial charge in [-0.25, -0.2) is 0 Å². The average molecular weight is 248 g/mol. The first kappa shape index (κ1) is 14.7. The quantitative estimate of drug-likeness (QED) is 0.810. The lowest BCUT2D eigenvalue weighted by molar-refractivity contribution is -0.107. The van der Waals surface area contributed by atoms with Crippen LogP contribution in [-0.2, 0) is 22.0 Å². The number of benzene rings is 1. The standard InChI is InChI=1S/C16H24O2/c1-15(2,3)12-9-11(7-8-17)10-13(14(12)18)16(4,5)6/h8-10,18H,7H2,1-6H3. The van der Waals surface area contributed by atoms with Gasteiger partial charge in [-0.1, -0.05) is 53.7 Å². The van der Waals surface area contributed by atoms with Crippen molar-refractivity contribution in [2.75, 3.05) is 0 Å². The predicted molar refractivity (Wildman–Crippen MR) is 75.3 cm³/mol. The molecule has 1 aromatic rings. The van der Waals surface area contributed by atoms with Gasteiger partial charge in [0, 0.05) is 6.42 Å². The Morgan fingerprint density at radius 3 is 1.67 bits per heavy atom. The third kappa shape index (κ3) is 3.12. The zero-order valence-corrected chi connectivity index (χ0v) is 12.3. The molecule has 0 bridgehead atoms. The Balaban J connectivity index is 3.53. The molecule has 0 radical (unpaired) electrons. The molecule has 0 amide bonds. The minimum atomic E-state index is -0.136. The first-order valence-corrected chi connectivity index (χ1v) is 6.38. The Morgan fingerprint density at radius 1 is 1.00 bits per heavy atom. The second-order valence-corrected chi connectivity index (χ2v) is 6.91. The molecule has 2 nitrogen and oxygen atoms in total. The topological polar surface area (TPSA) is 37.3 Å². The largest absolute Gasteiger partial charge is 0.507 e. The van der Waals surface area contributed by atoms with E-state index in [4.69, 9.17) is 0 Å². The smallest absolute Gasteiger partial charge is 0.124 e. The van der Waals surface area contributed by atoms with E-state index in [2.05, 4.69) is 41.5 Å². The maximum Gasteiger partial charge on any atom is 0.124 e. The summed E-state index contributed by atoms with van der Waals surface area (Å²) in [5.74, 6) is 0.365. The number of phenols is 1. The van der Waals surface area contributed by atoms with Crippen molar-refractivity contribution in [1.29, 1.82) is 0 Å². The van der Waals surface area contributed by atoms with Crippen LogP contribution in [0.15, 0.2) is 12.1 Å². The Hall–Kier alpha value is -1.31. The maximum atomic E-state index is 10.7. The molecule has 0 aromatic heterocycles. The van der Waals surface area contributed by atoms with Crippen molar-refractivity contribution < 1.29 is 9.90 Å². The molecule has 2 heteroatoms. The van der Waals surface area contributed by atoms with Crippen LogP contribution in [0.5, 0.6) is 5.75 Å².